The maximum absolute atomic E-state index is 11.6. The van der Waals surface area contributed by atoms with Gasteiger partial charge in [-0.25, -0.2) is 9.97 Å². The summed E-state index contributed by atoms with van der Waals surface area (Å²) in [5, 5.41) is 2.83. The number of nitrogens with one attached hydrogen (secondary N) is 1. The summed E-state index contributed by atoms with van der Waals surface area (Å²) in [4.78, 5) is 19.5. The molecule has 0 aliphatic heterocycles. The van der Waals surface area contributed by atoms with Crippen molar-refractivity contribution in [1.82, 2.24) is 9.97 Å². The summed E-state index contributed by atoms with van der Waals surface area (Å²) >= 11 is 5.75. The number of rotatable bonds is 5. The summed E-state index contributed by atoms with van der Waals surface area (Å²) in [5.41, 5.74) is 6.10. The molecule has 0 aliphatic rings. The summed E-state index contributed by atoms with van der Waals surface area (Å²) in [7, 11) is 1.50. The number of hydrogen-bond acceptors (Lipinski definition) is 5. The molecule has 94 valence electrons. The van der Waals surface area contributed by atoms with E-state index >= 15 is 0 Å². The zero-order valence-corrected chi connectivity index (χ0v) is 10.5. The average molecular weight is 259 g/mol. The van der Waals surface area contributed by atoms with Crippen molar-refractivity contribution in [2.24, 2.45) is 5.73 Å². The molecule has 1 aromatic heterocycles. The number of amides is 1. The number of carbonyl (C=O) groups excluding carboxylic acids is 1. The number of nitrogens with two attached hydrogens (primary N) is 1. The van der Waals surface area contributed by atoms with Gasteiger partial charge in [-0.1, -0.05) is 11.6 Å². The number of methoxy groups -OCH3 is 1. The Morgan fingerprint density at radius 1 is 1.65 bits per heavy atom. The maximum Gasteiger partial charge on any atom is 0.231 e. The van der Waals surface area contributed by atoms with Gasteiger partial charge in [-0.2, -0.15) is 0 Å². The Bertz CT molecular complexity index is 376. The van der Waals surface area contributed by atoms with Crippen LogP contribution in [0.5, 0.6) is 0 Å². The minimum Gasteiger partial charge on any atom is -0.380 e. The van der Waals surface area contributed by atoms with E-state index in [2.05, 4.69) is 15.3 Å². The summed E-state index contributed by atoms with van der Waals surface area (Å²) in [5.74, 6) is -0.0733. The van der Waals surface area contributed by atoms with Crippen molar-refractivity contribution in [3.63, 3.8) is 0 Å². The Labute approximate surface area is 105 Å². The molecule has 3 N–H and O–H groups in total. The second-order valence-corrected chi connectivity index (χ2v) is 3.89. The third kappa shape index (κ3) is 4.64. The molecule has 0 saturated carbocycles. The van der Waals surface area contributed by atoms with Crippen LogP contribution in [0.1, 0.15) is 12.1 Å². The third-order valence-corrected chi connectivity index (χ3v) is 2.28. The zero-order valence-electron chi connectivity index (χ0n) is 9.74. The molecule has 7 heteroatoms. The van der Waals surface area contributed by atoms with Crippen LogP contribution in [0.3, 0.4) is 0 Å². The first-order valence-corrected chi connectivity index (χ1v) is 5.47. The maximum atomic E-state index is 11.6. The number of aryl methyl sites for hydroxylation is 1. The second-order valence-electron chi connectivity index (χ2n) is 3.50. The number of aromatic nitrogens is 2. The molecule has 0 aromatic carbocycles. The SMILES string of the molecule is COC(CN)CC(=O)Nc1nc(C)cc(Cl)n1. The first-order valence-electron chi connectivity index (χ1n) is 5.09. The Hall–Kier alpha value is -1.24. The monoisotopic (exact) mass is 258 g/mol. The van der Waals surface area contributed by atoms with E-state index in [4.69, 9.17) is 22.1 Å². The second kappa shape index (κ2) is 6.48. The smallest absolute Gasteiger partial charge is 0.231 e. The van der Waals surface area contributed by atoms with Gasteiger partial charge in [0.1, 0.15) is 5.15 Å². The van der Waals surface area contributed by atoms with Crippen molar-refractivity contribution in [1.29, 1.82) is 0 Å². The van der Waals surface area contributed by atoms with E-state index in [1.807, 2.05) is 0 Å². The molecule has 0 aliphatic carbocycles. The number of nitrogens with zero attached hydrogens (tertiary/aromatic N) is 2. The van der Waals surface area contributed by atoms with Gasteiger partial charge in [0.25, 0.3) is 0 Å². The molecule has 0 bridgehead atoms. The minimum absolute atomic E-state index is 0.155. The summed E-state index contributed by atoms with van der Waals surface area (Å²) < 4.78 is 5.00. The Morgan fingerprint density at radius 3 is 2.88 bits per heavy atom. The van der Waals surface area contributed by atoms with Gasteiger partial charge >= 0.3 is 0 Å². The number of hydrogen-bond donors (Lipinski definition) is 2. The Morgan fingerprint density at radius 2 is 2.35 bits per heavy atom. The number of carbonyl (C=O) groups is 1. The van der Waals surface area contributed by atoms with Crippen LogP contribution < -0.4 is 11.1 Å². The zero-order chi connectivity index (χ0) is 12.8. The highest BCUT2D eigenvalue weighted by Crippen LogP contribution is 2.10. The standard InChI is InChI=1S/C10H15ClN4O2/c1-6-3-8(11)14-10(13-6)15-9(16)4-7(5-12)17-2/h3,7H,4-5,12H2,1-2H3,(H,13,14,15,16). The van der Waals surface area contributed by atoms with Crippen molar-refractivity contribution in [3.8, 4) is 0 Å². The molecule has 1 unspecified atom stereocenters. The van der Waals surface area contributed by atoms with E-state index in [0.717, 1.165) is 0 Å². The molecule has 6 nitrogen and oxygen atoms in total. The largest absolute Gasteiger partial charge is 0.380 e. The fourth-order valence-corrected chi connectivity index (χ4v) is 1.47. The average Bonchev–Trinajstić information content (AvgIpc) is 2.24. The van der Waals surface area contributed by atoms with Gasteiger partial charge in [-0.15, -0.1) is 0 Å². The van der Waals surface area contributed by atoms with Crippen molar-refractivity contribution >= 4 is 23.5 Å². The lowest BCUT2D eigenvalue weighted by atomic mass is 10.2. The Balaban J connectivity index is 2.61. The lowest BCUT2D eigenvalue weighted by molar-refractivity contribution is -0.118. The highest BCUT2D eigenvalue weighted by Gasteiger charge is 2.12. The lowest BCUT2D eigenvalue weighted by Gasteiger charge is -2.12. The van der Waals surface area contributed by atoms with Crippen molar-refractivity contribution in [3.05, 3.63) is 16.9 Å². The summed E-state index contributed by atoms with van der Waals surface area (Å²) in [6.07, 6.45) is -0.155. The van der Waals surface area contributed by atoms with E-state index in [-0.39, 0.29) is 36.1 Å². The quantitative estimate of drug-likeness (QED) is 0.761. The molecule has 0 radical (unpaired) electrons. The highest BCUT2D eigenvalue weighted by atomic mass is 35.5. The van der Waals surface area contributed by atoms with Crippen LogP contribution in [0.25, 0.3) is 0 Å². The number of halogens is 1. The molecule has 1 amide bonds. The highest BCUT2D eigenvalue weighted by molar-refractivity contribution is 6.29. The molecule has 0 fully saturated rings. The van der Waals surface area contributed by atoms with Crippen LogP contribution in [0, 0.1) is 6.92 Å². The number of ether oxygens (including phenoxy) is 1. The van der Waals surface area contributed by atoms with Gasteiger partial charge < -0.3 is 10.5 Å². The van der Waals surface area contributed by atoms with Gasteiger partial charge in [-0.05, 0) is 13.0 Å². The molecule has 1 rings (SSSR count). The third-order valence-electron chi connectivity index (χ3n) is 2.08. The topological polar surface area (TPSA) is 90.1 Å². The predicted octanol–water partition coefficient (Wildman–Crippen LogP) is 0.741. The van der Waals surface area contributed by atoms with Gasteiger partial charge in [0.05, 0.1) is 12.5 Å². The van der Waals surface area contributed by atoms with Gasteiger partial charge in [-0.3, -0.25) is 10.1 Å². The fourth-order valence-electron chi connectivity index (χ4n) is 1.23. The molecule has 17 heavy (non-hydrogen) atoms. The fraction of sp³-hybridized carbons (Fsp3) is 0.500. The summed E-state index contributed by atoms with van der Waals surface area (Å²) in [6, 6.07) is 1.61. The van der Waals surface area contributed by atoms with Crippen molar-refractivity contribution < 1.29 is 9.53 Å². The van der Waals surface area contributed by atoms with E-state index in [0.29, 0.717) is 5.69 Å². The van der Waals surface area contributed by atoms with Gasteiger partial charge in [0, 0.05) is 19.3 Å². The first kappa shape index (κ1) is 13.8. The predicted molar refractivity (Wildman–Crippen MR) is 64.9 cm³/mol. The van der Waals surface area contributed by atoms with Crippen LogP contribution in [0.2, 0.25) is 5.15 Å². The molecular weight excluding hydrogens is 244 g/mol. The van der Waals surface area contributed by atoms with E-state index in [9.17, 15) is 4.79 Å². The van der Waals surface area contributed by atoms with E-state index in [1.54, 1.807) is 13.0 Å². The Kier molecular flexibility index (Phi) is 5.27. The van der Waals surface area contributed by atoms with Crippen LogP contribution in [-0.2, 0) is 9.53 Å². The van der Waals surface area contributed by atoms with Gasteiger partial charge in [0.15, 0.2) is 0 Å². The van der Waals surface area contributed by atoms with Crippen molar-refractivity contribution in [2.75, 3.05) is 19.0 Å². The summed E-state index contributed by atoms with van der Waals surface area (Å²) in [6.45, 7) is 2.04. The van der Waals surface area contributed by atoms with Crippen molar-refractivity contribution in [2.45, 2.75) is 19.4 Å². The molecule has 1 atom stereocenters. The normalized spacial score (nSPS) is 12.2. The van der Waals surface area contributed by atoms with Crippen LogP contribution >= 0.6 is 11.6 Å². The van der Waals surface area contributed by atoms with Crippen LogP contribution in [-0.4, -0.2) is 35.6 Å². The first-order chi connectivity index (χ1) is 8.05. The molecule has 0 saturated heterocycles. The minimum atomic E-state index is -0.310. The van der Waals surface area contributed by atoms with Crippen LogP contribution in [0.15, 0.2) is 6.07 Å². The molecular formula is C10H15ClN4O2. The van der Waals surface area contributed by atoms with E-state index in [1.165, 1.54) is 7.11 Å². The molecule has 0 spiro atoms. The van der Waals surface area contributed by atoms with Gasteiger partial charge in [0.2, 0.25) is 11.9 Å². The lowest BCUT2D eigenvalue weighted by Crippen LogP contribution is -2.28. The van der Waals surface area contributed by atoms with E-state index < -0.39 is 0 Å². The molecule has 1 aromatic rings. The number of anilines is 1. The molecule has 1 heterocycles. The van der Waals surface area contributed by atoms with Crippen LogP contribution in [0.4, 0.5) is 5.95 Å².